The maximum absolute atomic E-state index is 11.9. The molecule has 35 heavy (non-hydrogen) atoms. The molecule has 1 aromatic heterocycles. The number of nitrogens with zero attached hydrogens (tertiary/aromatic N) is 3. The van der Waals surface area contributed by atoms with E-state index in [0.717, 1.165) is 55.7 Å². The molecule has 0 radical (unpaired) electrons. The molecule has 0 saturated heterocycles. The number of nitrogens with two attached hydrogens (primary N) is 1. The van der Waals surface area contributed by atoms with Crippen LogP contribution in [-0.4, -0.2) is 58.3 Å². The predicted octanol–water partition coefficient (Wildman–Crippen LogP) is 3.47. The summed E-state index contributed by atoms with van der Waals surface area (Å²) in [7, 11) is 1.53. The standard InChI is InChI=1S/C25H39N7O3/c1-15(2)14-32(19-8-5-17(13-26)6-9-19)21-10-7-18(16(3)11-22(33)34)12-20(21)28-25-29-23(30-31-25)24(35)27-4/h7,10,12,15-17,19H,5-6,8-9,11,13-14,26H2,1-4H3,(H,27,35)(H,33,34)(H2,28,29,30,31)/t16-,17?,19?/m1/s1. The van der Waals surface area contributed by atoms with Crippen molar-refractivity contribution in [3.63, 3.8) is 0 Å². The Morgan fingerprint density at radius 1 is 1.23 bits per heavy atom. The second kappa shape index (κ2) is 12.0. The molecular formula is C25H39N7O3. The number of aromatic nitrogens is 3. The molecule has 10 nitrogen and oxygen atoms in total. The molecule has 1 fully saturated rings. The number of amides is 1. The van der Waals surface area contributed by atoms with Gasteiger partial charge >= 0.3 is 5.97 Å². The van der Waals surface area contributed by atoms with Crippen molar-refractivity contribution in [2.24, 2.45) is 17.6 Å². The summed E-state index contributed by atoms with van der Waals surface area (Å²) in [5, 5.41) is 21.9. The highest BCUT2D eigenvalue weighted by Crippen LogP contribution is 2.37. The van der Waals surface area contributed by atoms with E-state index in [2.05, 4.69) is 50.6 Å². The fourth-order valence-corrected chi connectivity index (χ4v) is 4.78. The van der Waals surface area contributed by atoms with Crippen molar-refractivity contribution >= 4 is 29.2 Å². The summed E-state index contributed by atoms with van der Waals surface area (Å²) in [6.07, 6.45) is 4.42. The molecule has 0 spiro atoms. The third-order valence-corrected chi connectivity index (χ3v) is 6.71. The fraction of sp³-hybridized carbons (Fsp3) is 0.600. The minimum absolute atomic E-state index is 0.0407. The Bertz CT molecular complexity index is 999. The monoisotopic (exact) mass is 485 g/mol. The van der Waals surface area contributed by atoms with Crippen LogP contribution in [0.1, 0.15) is 75.0 Å². The summed E-state index contributed by atoms with van der Waals surface area (Å²) < 4.78 is 0. The molecule has 10 heteroatoms. The molecule has 1 aromatic carbocycles. The van der Waals surface area contributed by atoms with Gasteiger partial charge in [-0.05, 0) is 67.7 Å². The molecule has 192 valence electrons. The lowest BCUT2D eigenvalue weighted by Gasteiger charge is -2.40. The topological polar surface area (TPSA) is 149 Å². The van der Waals surface area contributed by atoms with Gasteiger partial charge in [0.25, 0.3) is 5.91 Å². The number of aromatic amines is 1. The highest BCUT2D eigenvalue weighted by Gasteiger charge is 2.28. The van der Waals surface area contributed by atoms with Gasteiger partial charge in [-0.2, -0.15) is 4.98 Å². The smallest absolute Gasteiger partial charge is 0.303 e. The number of carbonyl (C=O) groups excluding carboxylic acids is 1. The van der Waals surface area contributed by atoms with Crippen LogP contribution in [0.15, 0.2) is 18.2 Å². The molecule has 1 aliphatic carbocycles. The van der Waals surface area contributed by atoms with Crippen LogP contribution in [0.4, 0.5) is 17.3 Å². The van der Waals surface area contributed by atoms with Crippen LogP contribution in [0.2, 0.25) is 0 Å². The van der Waals surface area contributed by atoms with Crippen LogP contribution >= 0.6 is 0 Å². The molecule has 0 aliphatic heterocycles. The van der Waals surface area contributed by atoms with Crippen LogP contribution in [0.25, 0.3) is 0 Å². The number of carbonyl (C=O) groups is 2. The predicted molar refractivity (Wildman–Crippen MR) is 137 cm³/mol. The van der Waals surface area contributed by atoms with Crippen molar-refractivity contribution in [2.75, 3.05) is 30.4 Å². The number of carboxylic acids is 1. The van der Waals surface area contributed by atoms with Gasteiger partial charge < -0.3 is 26.4 Å². The van der Waals surface area contributed by atoms with Crippen molar-refractivity contribution < 1.29 is 14.7 Å². The molecule has 1 amide bonds. The van der Waals surface area contributed by atoms with Gasteiger partial charge in [-0.1, -0.05) is 26.8 Å². The Hall–Kier alpha value is -3.14. The summed E-state index contributed by atoms with van der Waals surface area (Å²) in [4.78, 5) is 30.0. The van der Waals surface area contributed by atoms with Crippen LogP contribution in [0, 0.1) is 11.8 Å². The van der Waals surface area contributed by atoms with Crippen molar-refractivity contribution in [2.45, 2.75) is 64.8 Å². The number of benzene rings is 1. The minimum Gasteiger partial charge on any atom is -0.481 e. The number of hydrogen-bond acceptors (Lipinski definition) is 7. The van der Waals surface area contributed by atoms with Gasteiger partial charge in [0.2, 0.25) is 11.8 Å². The lowest BCUT2D eigenvalue weighted by Crippen LogP contribution is -2.41. The highest BCUT2D eigenvalue weighted by atomic mass is 16.4. The Morgan fingerprint density at radius 3 is 2.54 bits per heavy atom. The Kier molecular flexibility index (Phi) is 9.08. The van der Waals surface area contributed by atoms with Gasteiger partial charge in [-0.15, -0.1) is 5.10 Å². The zero-order chi connectivity index (χ0) is 25.5. The summed E-state index contributed by atoms with van der Waals surface area (Å²) in [5.74, 6) is 0.0834. The molecule has 2 aromatic rings. The Labute approximate surface area is 207 Å². The third kappa shape index (κ3) is 6.94. The van der Waals surface area contributed by atoms with Gasteiger partial charge in [-0.25, -0.2) is 0 Å². The van der Waals surface area contributed by atoms with E-state index in [1.54, 1.807) is 0 Å². The first-order chi connectivity index (χ1) is 16.7. The highest BCUT2D eigenvalue weighted by molar-refractivity contribution is 5.90. The molecular weight excluding hydrogens is 446 g/mol. The fourth-order valence-electron chi connectivity index (χ4n) is 4.78. The van der Waals surface area contributed by atoms with Crippen LogP contribution in [-0.2, 0) is 4.79 Å². The zero-order valence-electron chi connectivity index (χ0n) is 21.2. The van der Waals surface area contributed by atoms with Crippen molar-refractivity contribution in [3.8, 4) is 0 Å². The summed E-state index contributed by atoms with van der Waals surface area (Å²) >= 11 is 0. The summed E-state index contributed by atoms with van der Waals surface area (Å²) in [5.41, 5.74) is 8.66. The number of anilines is 3. The number of nitrogens with one attached hydrogen (secondary N) is 3. The van der Waals surface area contributed by atoms with E-state index in [-0.39, 0.29) is 30.0 Å². The van der Waals surface area contributed by atoms with E-state index in [0.29, 0.717) is 17.9 Å². The maximum atomic E-state index is 11.9. The van der Waals surface area contributed by atoms with E-state index < -0.39 is 5.97 Å². The van der Waals surface area contributed by atoms with Crippen molar-refractivity contribution in [3.05, 3.63) is 29.6 Å². The third-order valence-electron chi connectivity index (χ3n) is 6.71. The van der Waals surface area contributed by atoms with Gasteiger partial charge in [-0.3, -0.25) is 14.7 Å². The first-order valence-corrected chi connectivity index (χ1v) is 12.5. The second-order valence-corrected chi connectivity index (χ2v) is 9.94. The Morgan fingerprint density at radius 2 is 1.94 bits per heavy atom. The molecule has 0 bridgehead atoms. The minimum atomic E-state index is -0.835. The average molecular weight is 486 g/mol. The van der Waals surface area contributed by atoms with Crippen LogP contribution in [0.5, 0.6) is 0 Å². The van der Waals surface area contributed by atoms with E-state index in [4.69, 9.17) is 5.73 Å². The molecule has 1 aliphatic rings. The van der Waals surface area contributed by atoms with Gasteiger partial charge in [0.05, 0.1) is 17.8 Å². The first-order valence-electron chi connectivity index (χ1n) is 12.5. The van der Waals surface area contributed by atoms with Gasteiger partial charge in [0.15, 0.2) is 0 Å². The maximum Gasteiger partial charge on any atom is 0.303 e. The van der Waals surface area contributed by atoms with Gasteiger partial charge in [0, 0.05) is 19.6 Å². The van der Waals surface area contributed by atoms with Crippen molar-refractivity contribution in [1.29, 1.82) is 0 Å². The lowest BCUT2D eigenvalue weighted by atomic mass is 9.84. The van der Waals surface area contributed by atoms with E-state index in [9.17, 15) is 14.7 Å². The summed E-state index contributed by atoms with van der Waals surface area (Å²) in [6, 6.07) is 6.45. The van der Waals surface area contributed by atoms with E-state index >= 15 is 0 Å². The number of aliphatic carboxylic acids is 1. The SMILES string of the molecule is CNC(=O)c1nc(Nc2cc([C@H](C)CC(=O)O)ccc2N(CC(C)C)C2CCC(CN)CC2)n[nH]1. The largest absolute Gasteiger partial charge is 0.481 e. The van der Waals surface area contributed by atoms with E-state index in [1.807, 2.05) is 19.1 Å². The number of carboxylic acid groups (broad SMARTS) is 1. The van der Waals surface area contributed by atoms with Gasteiger partial charge in [0.1, 0.15) is 0 Å². The summed E-state index contributed by atoms with van der Waals surface area (Å²) in [6.45, 7) is 7.94. The van der Waals surface area contributed by atoms with Crippen LogP contribution < -0.4 is 21.3 Å². The quantitative estimate of drug-likeness (QED) is 0.325. The second-order valence-electron chi connectivity index (χ2n) is 9.94. The first kappa shape index (κ1) is 26.5. The molecule has 3 rings (SSSR count). The average Bonchev–Trinajstić information content (AvgIpc) is 3.30. The zero-order valence-corrected chi connectivity index (χ0v) is 21.2. The molecule has 1 heterocycles. The number of rotatable bonds is 11. The molecule has 1 atom stereocenters. The molecule has 6 N–H and O–H groups in total. The van der Waals surface area contributed by atoms with Crippen molar-refractivity contribution in [1.82, 2.24) is 20.5 Å². The van der Waals surface area contributed by atoms with Crippen LogP contribution in [0.3, 0.4) is 0 Å². The number of hydrogen-bond donors (Lipinski definition) is 5. The number of H-pyrrole nitrogens is 1. The molecule has 0 unspecified atom stereocenters. The lowest BCUT2D eigenvalue weighted by molar-refractivity contribution is -0.137. The molecule has 1 saturated carbocycles. The normalized spacial score (nSPS) is 18.8. The van der Waals surface area contributed by atoms with E-state index in [1.165, 1.54) is 7.05 Å². The Balaban J connectivity index is 1.98.